The number of primary amides is 1. The molecule has 0 radical (unpaired) electrons. The largest absolute Gasteiger partial charge is 0.365 e. The van der Waals surface area contributed by atoms with Crippen molar-refractivity contribution in [3.8, 4) is 5.69 Å². The molecule has 0 spiro atoms. The number of fused-ring (bicyclic) bond motifs is 1. The Morgan fingerprint density at radius 2 is 1.97 bits per heavy atom. The van der Waals surface area contributed by atoms with Crippen molar-refractivity contribution in [3.05, 3.63) is 83.8 Å². The maximum atomic E-state index is 11.5. The smallest absolute Gasteiger partial charge is 0.256 e. The van der Waals surface area contributed by atoms with Crippen LogP contribution in [0, 0.1) is 0 Å². The average Bonchev–Trinajstić information content (AvgIpc) is 3.47. The lowest BCUT2D eigenvalue weighted by molar-refractivity contribution is -0.744. The monoisotopic (exact) mass is 414 g/mol. The summed E-state index contributed by atoms with van der Waals surface area (Å²) >= 11 is 0. The van der Waals surface area contributed by atoms with E-state index in [2.05, 4.69) is 71.2 Å². The molecule has 6 heteroatoms. The van der Waals surface area contributed by atoms with E-state index in [4.69, 9.17) is 5.73 Å². The molecule has 2 aromatic carbocycles. The number of likely N-dealkylation sites (N-methyl/N-ethyl adjacent to an activating group) is 1. The van der Waals surface area contributed by atoms with Gasteiger partial charge in [-0.05, 0) is 61.3 Å². The average molecular weight is 415 g/mol. The maximum Gasteiger partial charge on any atom is 0.256 e. The van der Waals surface area contributed by atoms with Gasteiger partial charge in [-0.15, -0.1) is 9.36 Å². The van der Waals surface area contributed by atoms with Crippen LogP contribution in [-0.4, -0.2) is 40.2 Å². The molecule has 2 aromatic heterocycles. The van der Waals surface area contributed by atoms with Gasteiger partial charge in [-0.1, -0.05) is 24.3 Å². The van der Waals surface area contributed by atoms with E-state index in [1.54, 1.807) is 12.4 Å². The molecule has 1 amide bonds. The molecule has 4 aromatic rings. The summed E-state index contributed by atoms with van der Waals surface area (Å²) in [6.07, 6.45) is 6.90. The fourth-order valence-corrected chi connectivity index (χ4v) is 4.67. The van der Waals surface area contributed by atoms with Gasteiger partial charge in [-0.25, -0.2) is 0 Å². The van der Waals surface area contributed by atoms with Crippen LogP contribution in [0.1, 0.15) is 33.8 Å². The summed E-state index contributed by atoms with van der Waals surface area (Å²) in [7, 11) is 4.10. The quantitative estimate of drug-likeness (QED) is 0.511. The van der Waals surface area contributed by atoms with E-state index in [0.29, 0.717) is 11.5 Å². The van der Waals surface area contributed by atoms with Gasteiger partial charge < -0.3 is 15.2 Å². The SMILES string of the molecule is CN1CCC(c2ccc(Cn3ccc4cc(-n5cc(C(N)=O)c[n+]5C)ccc43)cc2)C1. The minimum atomic E-state index is -0.424. The van der Waals surface area contributed by atoms with E-state index in [1.165, 1.54) is 29.6 Å². The van der Waals surface area contributed by atoms with Crippen molar-refractivity contribution >= 4 is 16.8 Å². The number of carbonyl (C=O) groups excluding carboxylic acids is 1. The molecule has 1 aliphatic rings. The Morgan fingerprint density at radius 3 is 2.65 bits per heavy atom. The minimum absolute atomic E-state index is 0.424. The molecule has 1 atom stereocenters. The molecule has 31 heavy (non-hydrogen) atoms. The maximum absolute atomic E-state index is 11.5. The molecule has 1 fully saturated rings. The molecule has 6 nitrogen and oxygen atoms in total. The number of amides is 1. The normalized spacial score (nSPS) is 16.9. The lowest BCUT2D eigenvalue weighted by Gasteiger charge is -2.12. The third-order valence-electron chi connectivity index (χ3n) is 6.43. The Bertz CT molecular complexity index is 1250. The standard InChI is InChI=1S/C25H27N5O/c1-27-11-9-21(15-27)19-5-3-18(4-6-19)14-29-12-10-20-13-23(7-8-24(20)29)30-17-22(25(26)31)16-28(30)2/h3-8,10,12-13,16-17,21H,9,11,14-15H2,1-2H3,(H-,26,31)/p+1. The van der Waals surface area contributed by atoms with Crippen molar-refractivity contribution in [2.45, 2.75) is 18.9 Å². The van der Waals surface area contributed by atoms with Gasteiger partial charge in [-0.2, -0.15) is 0 Å². The van der Waals surface area contributed by atoms with E-state index >= 15 is 0 Å². The number of hydrogen-bond donors (Lipinski definition) is 1. The second-order valence-corrected chi connectivity index (χ2v) is 8.67. The van der Waals surface area contributed by atoms with Gasteiger partial charge in [-0.3, -0.25) is 4.79 Å². The van der Waals surface area contributed by atoms with Gasteiger partial charge >= 0.3 is 0 Å². The molecule has 1 unspecified atom stereocenters. The van der Waals surface area contributed by atoms with Gasteiger partial charge in [0.05, 0.1) is 6.20 Å². The predicted molar refractivity (Wildman–Crippen MR) is 121 cm³/mol. The van der Waals surface area contributed by atoms with Crippen molar-refractivity contribution in [3.63, 3.8) is 0 Å². The molecule has 2 N–H and O–H groups in total. The highest BCUT2D eigenvalue weighted by Crippen LogP contribution is 2.27. The number of benzene rings is 2. The zero-order valence-electron chi connectivity index (χ0n) is 18.0. The van der Waals surface area contributed by atoms with Gasteiger partial charge in [0.15, 0.2) is 7.05 Å². The summed E-state index contributed by atoms with van der Waals surface area (Å²) in [5, 5.41) is 1.16. The topological polar surface area (TPSA) is 60.1 Å². The molecule has 0 bridgehead atoms. The number of rotatable bonds is 5. The van der Waals surface area contributed by atoms with E-state index in [-0.39, 0.29) is 0 Å². The van der Waals surface area contributed by atoms with Gasteiger partial charge in [0, 0.05) is 30.2 Å². The third kappa shape index (κ3) is 3.75. The molecule has 1 saturated heterocycles. The van der Waals surface area contributed by atoms with Gasteiger partial charge in [0.25, 0.3) is 5.91 Å². The van der Waals surface area contributed by atoms with Crippen molar-refractivity contribution in [1.82, 2.24) is 14.1 Å². The molecule has 3 heterocycles. The predicted octanol–water partition coefficient (Wildman–Crippen LogP) is 2.82. The first-order valence-electron chi connectivity index (χ1n) is 10.7. The fraction of sp³-hybridized carbons (Fsp3) is 0.280. The van der Waals surface area contributed by atoms with E-state index in [1.807, 2.05) is 16.4 Å². The first kappa shape index (κ1) is 19.6. The number of nitrogens with zero attached hydrogens (tertiary/aromatic N) is 4. The first-order chi connectivity index (χ1) is 15.0. The lowest BCUT2D eigenvalue weighted by Crippen LogP contribution is -2.36. The summed E-state index contributed by atoms with van der Waals surface area (Å²) in [6.45, 7) is 3.19. The van der Waals surface area contributed by atoms with Crippen LogP contribution in [0.3, 0.4) is 0 Å². The number of carbonyl (C=O) groups is 1. The Balaban J connectivity index is 1.37. The van der Waals surface area contributed by atoms with E-state index in [0.717, 1.165) is 24.2 Å². The van der Waals surface area contributed by atoms with Crippen LogP contribution in [0.2, 0.25) is 0 Å². The number of likely N-dealkylation sites (tertiary alicyclic amines) is 1. The zero-order chi connectivity index (χ0) is 21.5. The Labute approximate surface area is 182 Å². The van der Waals surface area contributed by atoms with Crippen LogP contribution < -0.4 is 10.4 Å². The van der Waals surface area contributed by atoms with Crippen molar-refractivity contribution in [1.29, 1.82) is 0 Å². The Morgan fingerprint density at radius 1 is 1.16 bits per heavy atom. The molecule has 5 rings (SSSR count). The number of aromatic nitrogens is 3. The molecule has 158 valence electrons. The Kier molecular flexibility index (Phi) is 4.87. The third-order valence-corrected chi connectivity index (χ3v) is 6.43. The fourth-order valence-electron chi connectivity index (χ4n) is 4.67. The second-order valence-electron chi connectivity index (χ2n) is 8.67. The van der Waals surface area contributed by atoms with Crippen LogP contribution in [0.25, 0.3) is 16.6 Å². The summed E-state index contributed by atoms with van der Waals surface area (Å²) in [6, 6.07) is 17.6. The van der Waals surface area contributed by atoms with Crippen LogP contribution in [0.4, 0.5) is 0 Å². The highest BCUT2D eigenvalue weighted by Gasteiger charge is 2.21. The minimum Gasteiger partial charge on any atom is -0.365 e. The van der Waals surface area contributed by atoms with Gasteiger partial charge in [0.2, 0.25) is 6.20 Å². The zero-order valence-corrected chi connectivity index (χ0v) is 18.0. The van der Waals surface area contributed by atoms with Crippen molar-refractivity contribution in [2.24, 2.45) is 12.8 Å². The Hall–Kier alpha value is -3.38. The van der Waals surface area contributed by atoms with E-state index < -0.39 is 5.91 Å². The van der Waals surface area contributed by atoms with E-state index in [9.17, 15) is 4.79 Å². The van der Waals surface area contributed by atoms with Crippen molar-refractivity contribution in [2.75, 3.05) is 20.1 Å². The van der Waals surface area contributed by atoms with Crippen LogP contribution in [0.15, 0.2) is 67.1 Å². The number of nitrogens with two attached hydrogens (primary N) is 1. The van der Waals surface area contributed by atoms with Crippen LogP contribution in [-0.2, 0) is 13.6 Å². The molecule has 0 aliphatic carbocycles. The highest BCUT2D eigenvalue weighted by molar-refractivity contribution is 5.92. The summed E-state index contributed by atoms with van der Waals surface area (Å²) in [4.78, 5) is 13.9. The first-order valence-corrected chi connectivity index (χ1v) is 10.7. The second kappa shape index (κ2) is 7.71. The van der Waals surface area contributed by atoms with Crippen LogP contribution >= 0.6 is 0 Å². The summed E-state index contributed by atoms with van der Waals surface area (Å²) < 4.78 is 6.07. The number of aryl methyl sites for hydroxylation is 1. The molecule has 1 aliphatic heterocycles. The summed E-state index contributed by atoms with van der Waals surface area (Å²) in [5.74, 6) is 0.238. The van der Waals surface area contributed by atoms with Crippen molar-refractivity contribution < 1.29 is 9.48 Å². The van der Waals surface area contributed by atoms with Crippen LogP contribution in [0.5, 0.6) is 0 Å². The lowest BCUT2D eigenvalue weighted by atomic mass is 9.97. The molecule has 0 saturated carbocycles. The highest BCUT2D eigenvalue weighted by atomic mass is 16.1. The molecular formula is C25H28N5O+. The number of hydrogen-bond acceptors (Lipinski definition) is 2. The molecular weight excluding hydrogens is 386 g/mol. The van der Waals surface area contributed by atoms with Gasteiger partial charge in [0.1, 0.15) is 11.3 Å². The summed E-state index contributed by atoms with van der Waals surface area (Å²) in [5.41, 5.74) is 10.9.